The minimum atomic E-state index is -0.466. The highest BCUT2D eigenvalue weighted by molar-refractivity contribution is 14.1. The number of ether oxygens (including phenoxy) is 1. The summed E-state index contributed by atoms with van der Waals surface area (Å²) in [6, 6.07) is 21.6. The predicted molar refractivity (Wildman–Crippen MR) is 142 cm³/mol. The molecule has 7 nitrogen and oxygen atoms in total. The number of halogens is 2. The number of carbonyl (C=O) groups is 3. The molecule has 1 fully saturated rings. The van der Waals surface area contributed by atoms with E-state index in [9.17, 15) is 14.4 Å². The molecule has 0 unspecified atom stereocenters. The fraction of sp³-hybridized carbons (Fsp3) is 0.0417. The number of nitrogens with one attached hydrogen (secondary N) is 2. The Balaban J connectivity index is 1.48. The molecule has 1 heterocycles. The molecular formula is C24H17I2N3O4. The molecular weight excluding hydrogens is 648 g/mol. The third-order valence-electron chi connectivity index (χ3n) is 4.64. The number of benzene rings is 3. The van der Waals surface area contributed by atoms with Crippen LogP contribution in [0.2, 0.25) is 0 Å². The van der Waals surface area contributed by atoms with Crippen LogP contribution in [0.5, 0.6) is 5.75 Å². The molecule has 1 aliphatic rings. The maximum absolute atomic E-state index is 12.8. The molecule has 0 spiro atoms. The van der Waals surface area contributed by atoms with E-state index in [1.807, 2.05) is 24.3 Å². The van der Waals surface area contributed by atoms with Crippen molar-refractivity contribution in [2.75, 3.05) is 16.9 Å². The highest BCUT2D eigenvalue weighted by Crippen LogP contribution is 2.30. The first-order chi connectivity index (χ1) is 15.9. The van der Waals surface area contributed by atoms with E-state index in [2.05, 4.69) is 55.9 Å². The summed E-state index contributed by atoms with van der Waals surface area (Å²) >= 11 is 4.21. The Bertz CT molecular complexity index is 1220. The molecule has 33 heavy (non-hydrogen) atoms. The van der Waals surface area contributed by atoms with Crippen LogP contribution in [0.3, 0.4) is 0 Å². The summed E-state index contributed by atoms with van der Waals surface area (Å²) in [6.07, 6.45) is 1.55. The maximum atomic E-state index is 12.8. The standard InChI is InChI=1S/C24H17I2N3O4/c25-19-12-15(11-18-23(31)28-29(24(18)32)17-9-5-2-6-10-17)13-20(26)22(19)33-14-21(30)27-16-7-3-1-4-8-16/h1-13H,14H2,(H,27,30)(H,28,31)/b18-11-. The van der Waals surface area contributed by atoms with Crippen LogP contribution < -0.4 is 20.5 Å². The maximum Gasteiger partial charge on any atom is 0.282 e. The molecule has 3 aromatic carbocycles. The molecule has 0 radical (unpaired) electrons. The minimum Gasteiger partial charge on any atom is -0.482 e. The SMILES string of the molecule is O=C(COc1c(I)cc(/C=C2/C(=O)NN(c3ccccc3)C2=O)cc1I)Nc1ccccc1. The van der Waals surface area contributed by atoms with Crippen LogP contribution in [0, 0.1) is 7.14 Å². The first kappa shape index (κ1) is 23.2. The van der Waals surface area contributed by atoms with Crippen molar-refractivity contribution in [2.45, 2.75) is 0 Å². The van der Waals surface area contributed by atoms with E-state index in [1.165, 1.54) is 5.01 Å². The molecule has 0 bridgehead atoms. The lowest BCUT2D eigenvalue weighted by molar-refractivity contribution is -0.118. The van der Waals surface area contributed by atoms with Gasteiger partial charge in [-0.15, -0.1) is 0 Å². The number of para-hydroxylation sites is 2. The molecule has 3 amide bonds. The Hall–Kier alpha value is -2.93. The van der Waals surface area contributed by atoms with Crippen LogP contribution in [0.25, 0.3) is 6.08 Å². The van der Waals surface area contributed by atoms with Crippen LogP contribution in [0.15, 0.2) is 78.4 Å². The molecule has 1 aliphatic heterocycles. The van der Waals surface area contributed by atoms with Crippen molar-refractivity contribution in [3.05, 3.63) is 91.1 Å². The van der Waals surface area contributed by atoms with E-state index in [4.69, 9.17) is 4.74 Å². The molecule has 0 saturated carbocycles. The molecule has 0 aliphatic carbocycles. The van der Waals surface area contributed by atoms with E-state index >= 15 is 0 Å². The Morgan fingerprint density at radius 1 is 0.970 bits per heavy atom. The van der Waals surface area contributed by atoms with E-state index in [0.29, 0.717) is 22.7 Å². The third-order valence-corrected chi connectivity index (χ3v) is 6.25. The lowest BCUT2D eigenvalue weighted by Gasteiger charge is -2.14. The quantitative estimate of drug-likeness (QED) is 0.233. The van der Waals surface area contributed by atoms with Gasteiger partial charge < -0.3 is 10.1 Å². The van der Waals surface area contributed by atoms with Gasteiger partial charge in [0.05, 0.1) is 12.8 Å². The van der Waals surface area contributed by atoms with Crippen molar-refractivity contribution < 1.29 is 19.1 Å². The lowest BCUT2D eigenvalue weighted by Crippen LogP contribution is -2.35. The largest absolute Gasteiger partial charge is 0.482 e. The zero-order chi connectivity index (χ0) is 23.4. The van der Waals surface area contributed by atoms with Gasteiger partial charge in [0.25, 0.3) is 17.7 Å². The topological polar surface area (TPSA) is 87.7 Å². The zero-order valence-electron chi connectivity index (χ0n) is 17.0. The van der Waals surface area contributed by atoms with Gasteiger partial charge in [-0.1, -0.05) is 36.4 Å². The monoisotopic (exact) mass is 665 g/mol. The fourth-order valence-corrected chi connectivity index (χ4v) is 5.27. The number of nitrogens with zero attached hydrogens (tertiary/aromatic N) is 1. The zero-order valence-corrected chi connectivity index (χ0v) is 21.4. The van der Waals surface area contributed by atoms with E-state index in [0.717, 1.165) is 7.14 Å². The smallest absolute Gasteiger partial charge is 0.282 e. The van der Waals surface area contributed by atoms with Crippen molar-refractivity contribution in [2.24, 2.45) is 0 Å². The molecule has 4 rings (SSSR count). The van der Waals surface area contributed by atoms with Gasteiger partial charge in [0, 0.05) is 5.69 Å². The Morgan fingerprint density at radius 3 is 2.21 bits per heavy atom. The van der Waals surface area contributed by atoms with E-state index in [-0.39, 0.29) is 18.1 Å². The number of hydrogen-bond donors (Lipinski definition) is 2. The van der Waals surface area contributed by atoms with Crippen LogP contribution in [0.4, 0.5) is 11.4 Å². The molecule has 3 aromatic rings. The highest BCUT2D eigenvalue weighted by atomic mass is 127. The minimum absolute atomic E-state index is 0.0429. The normalized spacial score (nSPS) is 14.4. The molecule has 9 heteroatoms. The number of hydrazine groups is 1. The molecule has 166 valence electrons. The second-order valence-electron chi connectivity index (χ2n) is 6.99. The summed E-state index contributed by atoms with van der Waals surface area (Å²) in [5.74, 6) is -0.594. The average molecular weight is 665 g/mol. The highest BCUT2D eigenvalue weighted by Gasteiger charge is 2.34. The van der Waals surface area contributed by atoms with Crippen LogP contribution in [0.1, 0.15) is 5.56 Å². The van der Waals surface area contributed by atoms with Crippen LogP contribution >= 0.6 is 45.2 Å². The summed E-state index contributed by atoms with van der Waals surface area (Å²) < 4.78 is 7.25. The van der Waals surface area contributed by atoms with Crippen molar-refractivity contribution in [1.82, 2.24) is 5.43 Å². The van der Waals surface area contributed by atoms with Crippen LogP contribution in [-0.4, -0.2) is 24.3 Å². The van der Waals surface area contributed by atoms with Crippen molar-refractivity contribution >= 4 is 80.4 Å². The van der Waals surface area contributed by atoms with Gasteiger partial charge in [-0.2, -0.15) is 0 Å². The summed E-state index contributed by atoms with van der Waals surface area (Å²) in [4.78, 5) is 37.4. The number of amides is 3. The van der Waals surface area contributed by atoms with Crippen LogP contribution in [-0.2, 0) is 14.4 Å². The summed E-state index contributed by atoms with van der Waals surface area (Å²) in [7, 11) is 0. The van der Waals surface area contributed by atoms with Gasteiger partial charge in [0.2, 0.25) is 0 Å². The first-order valence-electron chi connectivity index (χ1n) is 9.81. The van der Waals surface area contributed by atoms with E-state index < -0.39 is 11.8 Å². The van der Waals surface area contributed by atoms with Gasteiger partial charge in [-0.3, -0.25) is 19.8 Å². The number of anilines is 2. The van der Waals surface area contributed by atoms with Gasteiger partial charge in [0.15, 0.2) is 6.61 Å². The van der Waals surface area contributed by atoms with Crippen molar-refractivity contribution in [3.8, 4) is 5.75 Å². The Morgan fingerprint density at radius 2 is 1.58 bits per heavy atom. The van der Waals surface area contributed by atoms with Gasteiger partial charge >= 0.3 is 0 Å². The van der Waals surface area contributed by atoms with Crippen molar-refractivity contribution in [3.63, 3.8) is 0 Å². The number of carbonyl (C=O) groups excluding carboxylic acids is 3. The van der Waals surface area contributed by atoms with Gasteiger partial charge in [-0.25, -0.2) is 5.01 Å². The lowest BCUT2D eigenvalue weighted by atomic mass is 10.1. The first-order valence-corrected chi connectivity index (χ1v) is 12.0. The van der Waals surface area contributed by atoms with Crippen molar-refractivity contribution in [1.29, 1.82) is 0 Å². The fourth-order valence-electron chi connectivity index (χ4n) is 3.14. The number of rotatable bonds is 6. The van der Waals surface area contributed by atoms with Gasteiger partial charge in [-0.05, 0) is 93.2 Å². The second kappa shape index (κ2) is 10.3. The Labute approximate surface area is 217 Å². The predicted octanol–water partition coefficient (Wildman–Crippen LogP) is 4.37. The van der Waals surface area contributed by atoms with Gasteiger partial charge in [0.1, 0.15) is 11.3 Å². The summed E-state index contributed by atoms with van der Waals surface area (Å²) in [5, 5.41) is 4.00. The molecule has 1 saturated heterocycles. The average Bonchev–Trinajstić information content (AvgIpc) is 3.08. The molecule has 2 N–H and O–H groups in total. The third kappa shape index (κ3) is 5.53. The summed E-state index contributed by atoms with van der Waals surface area (Å²) in [5.41, 5.74) is 4.59. The molecule has 0 atom stereocenters. The molecule has 0 aromatic heterocycles. The van der Waals surface area contributed by atoms with E-state index in [1.54, 1.807) is 54.6 Å². The second-order valence-corrected chi connectivity index (χ2v) is 9.32. The number of hydrogen-bond acceptors (Lipinski definition) is 4. The summed E-state index contributed by atoms with van der Waals surface area (Å²) in [6.45, 7) is -0.145. The Kier molecular flexibility index (Phi) is 7.28.